The zero-order valence-corrected chi connectivity index (χ0v) is 13.7. The van der Waals surface area contributed by atoms with Crippen molar-refractivity contribution in [3.8, 4) is 0 Å². The van der Waals surface area contributed by atoms with Crippen molar-refractivity contribution in [2.24, 2.45) is 0 Å². The van der Waals surface area contributed by atoms with Gasteiger partial charge in [-0.1, -0.05) is 23.2 Å². The molecule has 2 aromatic rings. The predicted octanol–water partition coefficient (Wildman–Crippen LogP) is 4.17. The lowest BCUT2D eigenvalue weighted by molar-refractivity contribution is -0.137. The summed E-state index contributed by atoms with van der Waals surface area (Å²) in [6.45, 7) is 1.99. The number of carbonyl (C=O) groups is 1. The molecule has 1 N–H and O–H groups in total. The van der Waals surface area contributed by atoms with E-state index in [1.165, 1.54) is 0 Å². The lowest BCUT2D eigenvalue weighted by Crippen LogP contribution is -2.22. The van der Waals surface area contributed by atoms with Crippen molar-refractivity contribution in [1.29, 1.82) is 0 Å². The quantitative estimate of drug-likeness (QED) is 0.907. The second-order valence-corrected chi connectivity index (χ2v) is 7.77. The molecule has 0 bridgehead atoms. The van der Waals surface area contributed by atoms with Gasteiger partial charge in [0.2, 0.25) is 0 Å². The van der Waals surface area contributed by atoms with E-state index in [4.69, 9.17) is 23.2 Å². The maximum Gasteiger partial charge on any atom is 0.323 e. The minimum Gasteiger partial charge on any atom is -0.480 e. The van der Waals surface area contributed by atoms with Gasteiger partial charge in [0.25, 0.3) is 0 Å². The Morgan fingerprint density at radius 3 is 2.81 bits per heavy atom. The van der Waals surface area contributed by atoms with E-state index in [0.717, 1.165) is 29.9 Å². The van der Waals surface area contributed by atoms with Crippen LogP contribution in [0, 0.1) is 0 Å². The number of hydrogen-bond donors (Lipinski definition) is 1. The number of thioether (sulfide) groups is 1. The van der Waals surface area contributed by atoms with E-state index in [9.17, 15) is 9.90 Å². The van der Waals surface area contributed by atoms with Crippen molar-refractivity contribution in [1.82, 2.24) is 9.55 Å². The Bertz CT molecular complexity index is 723. The lowest BCUT2D eigenvalue weighted by Gasteiger charge is -2.22. The van der Waals surface area contributed by atoms with E-state index in [1.807, 2.05) is 11.8 Å². The van der Waals surface area contributed by atoms with Crippen molar-refractivity contribution in [2.75, 3.05) is 5.75 Å². The van der Waals surface area contributed by atoms with E-state index >= 15 is 0 Å². The van der Waals surface area contributed by atoms with Gasteiger partial charge in [-0.3, -0.25) is 4.79 Å². The Balaban J connectivity index is 2.24. The van der Waals surface area contributed by atoms with Gasteiger partial charge in [-0.15, -0.1) is 11.8 Å². The highest BCUT2D eigenvalue weighted by molar-refractivity contribution is 8.00. The second kappa shape index (κ2) is 5.38. The summed E-state index contributed by atoms with van der Waals surface area (Å²) in [4.78, 5) is 15.9. The van der Waals surface area contributed by atoms with Crippen LogP contribution in [0.25, 0.3) is 11.0 Å². The van der Waals surface area contributed by atoms with E-state index < -0.39 is 5.97 Å². The van der Waals surface area contributed by atoms with E-state index in [1.54, 1.807) is 16.7 Å². The van der Waals surface area contributed by atoms with E-state index in [-0.39, 0.29) is 11.3 Å². The fourth-order valence-corrected chi connectivity index (χ4v) is 4.40. The minimum atomic E-state index is -0.895. The van der Waals surface area contributed by atoms with Gasteiger partial charge < -0.3 is 9.67 Å². The Labute approximate surface area is 136 Å². The highest BCUT2D eigenvalue weighted by Gasteiger charge is 2.36. The van der Waals surface area contributed by atoms with Crippen LogP contribution in [0.5, 0.6) is 0 Å². The SMILES string of the molecule is CC1(c2nc3cc(Cl)c(Cl)cc3n2CC(=O)O)CCCS1. The van der Waals surface area contributed by atoms with Gasteiger partial charge in [-0.25, -0.2) is 4.98 Å². The Hall–Kier alpha value is -0.910. The van der Waals surface area contributed by atoms with Gasteiger partial charge in [-0.05, 0) is 37.7 Å². The molecule has 1 atom stereocenters. The molecule has 3 rings (SSSR count). The molecule has 1 aromatic carbocycles. The van der Waals surface area contributed by atoms with Crippen LogP contribution < -0.4 is 0 Å². The number of fused-ring (bicyclic) bond motifs is 1. The van der Waals surface area contributed by atoms with Crippen LogP contribution in [0.2, 0.25) is 10.0 Å². The molecule has 2 heterocycles. The van der Waals surface area contributed by atoms with Crippen molar-refractivity contribution < 1.29 is 9.90 Å². The molecule has 1 aliphatic rings. The van der Waals surface area contributed by atoms with Gasteiger partial charge in [0.05, 0.1) is 25.8 Å². The molecule has 21 heavy (non-hydrogen) atoms. The first-order valence-electron chi connectivity index (χ1n) is 6.62. The fraction of sp³-hybridized carbons (Fsp3) is 0.429. The van der Waals surface area contributed by atoms with Crippen molar-refractivity contribution in [3.05, 3.63) is 28.0 Å². The third kappa shape index (κ3) is 2.62. The number of imidazole rings is 1. The third-order valence-corrected chi connectivity index (χ3v) is 6.01. The number of benzene rings is 1. The van der Waals surface area contributed by atoms with Crippen LogP contribution in [-0.2, 0) is 16.1 Å². The number of carboxylic acids is 1. The highest BCUT2D eigenvalue weighted by Crippen LogP contribution is 2.46. The average Bonchev–Trinajstić information content (AvgIpc) is 2.97. The smallest absolute Gasteiger partial charge is 0.323 e. The molecule has 1 fully saturated rings. The molecule has 0 radical (unpaired) electrons. The maximum atomic E-state index is 11.2. The molecule has 1 saturated heterocycles. The molecule has 0 saturated carbocycles. The number of halogens is 2. The second-order valence-electron chi connectivity index (χ2n) is 5.35. The van der Waals surface area contributed by atoms with Crippen molar-refractivity contribution in [3.63, 3.8) is 0 Å². The monoisotopic (exact) mass is 344 g/mol. The molecule has 1 aliphatic heterocycles. The molecule has 112 valence electrons. The summed E-state index contributed by atoms with van der Waals surface area (Å²) in [5.74, 6) is 0.961. The van der Waals surface area contributed by atoms with Crippen LogP contribution in [0.4, 0.5) is 0 Å². The van der Waals surface area contributed by atoms with Crippen LogP contribution in [0.15, 0.2) is 12.1 Å². The Morgan fingerprint density at radius 1 is 1.48 bits per heavy atom. The van der Waals surface area contributed by atoms with Gasteiger partial charge in [-0.2, -0.15) is 0 Å². The first kappa shape index (κ1) is 15.0. The summed E-state index contributed by atoms with van der Waals surface area (Å²) in [5, 5.41) is 10.0. The summed E-state index contributed by atoms with van der Waals surface area (Å²) < 4.78 is 1.59. The van der Waals surface area contributed by atoms with Crippen LogP contribution in [0.3, 0.4) is 0 Å². The van der Waals surface area contributed by atoms with Gasteiger partial charge >= 0.3 is 5.97 Å². The lowest BCUT2D eigenvalue weighted by atomic mass is 10.0. The van der Waals surface area contributed by atoms with Gasteiger partial charge in [0.15, 0.2) is 0 Å². The molecule has 0 amide bonds. The number of hydrogen-bond acceptors (Lipinski definition) is 3. The largest absolute Gasteiger partial charge is 0.480 e. The summed E-state index contributed by atoms with van der Waals surface area (Å²) in [6.07, 6.45) is 2.10. The minimum absolute atomic E-state index is 0.125. The Kier molecular flexibility index (Phi) is 3.84. The fourth-order valence-electron chi connectivity index (χ4n) is 2.77. The molecular weight excluding hydrogens is 331 g/mol. The zero-order chi connectivity index (χ0) is 15.2. The average molecular weight is 345 g/mol. The van der Waals surface area contributed by atoms with Crippen molar-refractivity contribution in [2.45, 2.75) is 31.1 Å². The van der Waals surface area contributed by atoms with Gasteiger partial charge in [0, 0.05) is 0 Å². The number of carboxylic acid groups (broad SMARTS) is 1. The van der Waals surface area contributed by atoms with Gasteiger partial charge in [0.1, 0.15) is 12.4 Å². The van der Waals surface area contributed by atoms with E-state index in [0.29, 0.717) is 15.6 Å². The molecule has 0 spiro atoms. The predicted molar refractivity (Wildman–Crippen MR) is 86.4 cm³/mol. The summed E-state index contributed by atoms with van der Waals surface area (Å²) in [6, 6.07) is 3.39. The molecule has 7 heteroatoms. The Morgan fingerprint density at radius 2 is 2.19 bits per heavy atom. The molecular formula is C14H14Cl2N2O2S. The molecule has 4 nitrogen and oxygen atoms in total. The van der Waals surface area contributed by atoms with E-state index in [2.05, 4.69) is 11.9 Å². The summed E-state index contributed by atoms with van der Waals surface area (Å²) >= 11 is 13.9. The summed E-state index contributed by atoms with van der Waals surface area (Å²) in [5.41, 5.74) is 1.41. The number of nitrogens with zero attached hydrogens (tertiary/aromatic N) is 2. The van der Waals surface area contributed by atoms with Crippen LogP contribution >= 0.6 is 35.0 Å². The first-order valence-corrected chi connectivity index (χ1v) is 8.36. The third-order valence-electron chi connectivity index (χ3n) is 3.78. The highest BCUT2D eigenvalue weighted by atomic mass is 35.5. The van der Waals surface area contributed by atoms with Crippen LogP contribution in [-0.4, -0.2) is 26.4 Å². The van der Waals surface area contributed by atoms with Crippen LogP contribution in [0.1, 0.15) is 25.6 Å². The topological polar surface area (TPSA) is 55.1 Å². The first-order chi connectivity index (χ1) is 9.90. The van der Waals surface area contributed by atoms with Crippen molar-refractivity contribution >= 4 is 52.0 Å². The number of rotatable bonds is 3. The number of aromatic nitrogens is 2. The maximum absolute atomic E-state index is 11.2. The summed E-state index contributed by atoms with van der Waals surface area (Å²) in [7, 11) is 0. The molecule has 0 aliphatic carbocycles. The standard InChI is InChI=1S/C14H14Cl2N2O2S/c1-14(3-2-4-21-14)13-17-10-5-8(15)9(16)6-11(10)18(13)7-12(19)20/h5-6H,2-4,7H2,1H3,(H,19,20). The zero-order valence-electron chi connectivity index (χ0n) is 11.4. The number of aliphatic carboxylic acids is 1. The normalized spacial score (nSPS) is 22.0. The molecule has 1 aromatic heterocycles. The molecule has 1 unspecified atom stereocenters.